The highest BCUT2D eigenvalue weighted by molar-refractivity contribution is 7.18. The van der Waals surface area contributed by atoms with Crippen LogP contribution in [0.15, 0.2) is 36.4 Å². The lowest BCUT2D eigenvalue weighted by molar-refractivity contribution is 0.0787. The second-order valence-corrected chi connectivity index (χ2v) is 7.27. The van der Waals surface area contributed by atoms with Gasteiger partial charge in [0.1, 0.15) is 10.6 Å². The molecule has 0 bridgehead atoms. The van der Waals surface area contributed by atoms with Crippen molar-refractivity contribution in [3.05, 3.63) is 41.3 Å². The Morgan fingerprint density at radius 1 is 1.17 bits per heavy atom. The van der Waals surface area contributed by atoms with Crippen molar-refractivity contribution >= 4 is 27.4 Å². The van der Waals surface area contributed by atoms with Crippen molar-refractivity contribution in [2.24, 2.45) is 0 Å². The summed E-state index contributed by atoms with van der Waals surface area (Å²) in [6.45, 7) is 7.81. The fraction of sp³-hybridized carbons (Fsp3) is 0.368. The molecule has 24 heavy (non-hydrogen) atoms. The number of aromatic nitrogens is 2. The van der Waals surface area contributed by atoms with Gasteiger partial charge in [-0.3, -0.25) is 0 Å². The number of fused-ring (bicyclic) bond motifs is 1. The van der Waals surface area contributed by atoms with E-state index in [2.05, 4.69) is 32.2 Å². The van der Waals surface area contributed by atoms with Gasteiger partial charge in [-0.25, -0.2) is 9.97 Å². The molecule has 1 aromatic carbocycles. The molecule has 0 saturated carbocycles. The first-order valence-electron chi connectivity index (χ1n) is 8.32. The Hall–Kier alpha value is -1.98. The molecule has 0 aliphatic heterocycles. The standard InChI is InChI=1S/C19H23N3OS/c1-13(2)23-11-7-10-20-18-16-12-14(3)24-19(16)22-17(21-18)15-8-5-4-6-9-15/h4-6,8-9,12-13H,7,10-11H2,1-3H3,(H,20,21,22). The number of anilines is 1. The summed E-state index contributed by atoms with van der Waals surface area (Å²) >= 11 is 1.71. The van der Waals surface area contributed by atoms with Crippen molar-refractivity contribution in [1.29, 1.82) is 0 Å². The normalized spacial score (nSPS) is 11.3. The SMILES string of the molecule is Cc1cc2c(NCCCOC(C)C)nc(-c3ccccc3)nc2s1. The molecule has 5 heteroatoms. The zero-order valence-electron chi connectivity index (χ0n) is 14.4. The molecule has 2 aromatic heterocycles. The molecule has 2 heterocycles. The molecule has 3 rings (SSSR count). The molecular formula is C19H23N3OS. The van der Waals surface area contributed by atoms with Crippen molar-refractivity contribution in [3.8, 4) is 11.4 Å². The van der Waals surface area contributed by atoms with Crippen molar-refractivity contribution in [2.75, 3.05) is 18.5 Å². The van der Waals surface area contributed by atoms with Gasteiger partial charge in [0.15, 0.2) is 5.82 Å². The maximum Gasteiger partial charge on any atom is 0.163 e. The average Bonchev–Trinajstić information content (AvgIpc) is 2.95. The summed E-state index contributed by atoms with van der Waals surface area (Å²) in [5.41, 5.74) is 1.04. The van der Waals surface area contributed by atoms with E-state index in [1.165, 1.54) is 4.88 Å². The highest BCUT2D eigenvalue weighted by Crippen LogP contribution is 2.30. The molecule has 1 N–H and O–H groups in total. The van der Waals surface area contributed by atoms with Crippen LogP contribution in [-0.4, -0.2) is 29.2 Å². The molecule has 0 spiro atoms. The Bertz CT molecular complexity index is 799. The summed E-state index contributed by atoms with van der Waals surface area (Å²) in [5.74, 6) is 1.68. The summed E-state index contributed by atoms with van der Waals surface area (Å²) in [4.78, 5) is 11.8. The molecule has 0 aliphatic carbocycles. The summed E-state index contributed by atoms with van der Waals surface area (Å²) in [5, 5.41) is 4.56. The Balaban J connectivity index is 1.82. The van der Waals surface area contributed by atoms with E-state index < -0.39 is 0 Å². The van der Waals surface area contributed by atoms with Gasteiger partial charge < -0.3 is 10.1 Å². The quantitative estimate of drug-likeness (QED) is 0.621. The number of rotatable bonds is 7. The van der Waals surface area contributed by atoms with Crippen LogP contribution >= 0.6 is 11.3 Å². The number of benzene rings is 1. The van der Waals surface area contributed by atoms with Gasteiger partial charge in [0, 0.05) is 23.6 Å². The fourth-order valence-corrected chi connectivity index (χ4v) is 3.37. The van der Waals surface area contributed by atoms with Crippen LogP contribution in [0.4, 0.5) is 5.82 Å². The van der Waals surface area contributed by atoms with Crippen LogP contribution in [-0.2, 0) is 4.74 Å². The largest absolute Gasteiger partial charge is 0.379 e. The summed E-state index contributed by atoms with van der Waals surface area (Å²) in [7, 11) is 0. The average molecular weight is 341 g/mol. The number of nitrogens with one attached hydrogen (secondary N) is 1. The van der Waals surface area contributed by atoms with Crippen molar-refractivity contribution < 1.29 is 4.74 Å². The van der Waals surface area contributed by atoms with Crippen LogP contribution in [0.2, 0.25) is 0 Å². The van der Waals surface area contributed by atoms with E-state index in [1.807, 2.05) is 30.3 Å². The Morgan fingerprint density at radius 2 is 1.96 bits per heavy atom. The van der Waals surface area contributed by atoms with E-state index in [-0.39, 0.29) is 6.10 Å². The number of thiophene rings is 1. The van der Waals surface area contributed by atoms with Gasteiger partial charge in [0.05, 0.1) is 11.5 Å². The predicted molar refractivity (Wildman–Crippen MR) is 102 cm³/mol. The van der Waals surface area contributed by atoms with Crippen molar-refractivity contribution in [1.82, 2.24) is 9.97 Å². The van der Waals surface area contributed by atoms with Gasteiger partial charge in [0.25, 0.3) is 0 Å². The van der Waals surface area contributed by atoms with E-state index in [0.717, 1.165) is 47.0 Å². The maximum atomic E-state index is 5.59. The minimum absolute atomic E-state index is 0.278. The molecule has 0 atom stereocenters. The molecule has 0 amide bonds. The lowest BCUT2D eigenvalue weighted by Gasteiger charge is -2.10. The minimum Gasteiger partial charge on any atom is -0.379 e. The van der Waals surface area contributed by atoms with Crippen LogP contribution < -0.4 is 5.32 Å². The zero-order valence-corrected chi connectivity index (χ0v) is 15.2. The number of ether oxygens (including phenoxy) is 1. The maximum absolute atomic E-state index is 5.59. The molecule has 0 radical (unpaired) electrons. The van der Waals surface area contributed by atoms with Gasteiger partial charge >= 0.3 is 0 Å². The second kappa shape index (κ2) is 7.73. The summed E-state index contributed by atoms with van der Waals surface area (Å²) in [6, 6.07) is 12.3. The minimum atomic E-state index is 0.278. The number of aryl methyl sites for hydroxylation is 1. The van der Waals surface area contributed by atoms with Crippen LogP contribution in [0.1, 0.15) is 25.1 Å². The number of hydrogen-bond donors (Lipinski definition) is 1. The third-order valence-corrected chi connectivity index (χ3v) is 4.56. The van der Waals surface area contributed by atoms with Gasteiger partial charge in [-0.05, 0) is 33.3 Å². The first-order valence-corrected chi connectivity index (χ1v) is 9.14. The molecule has 0 saturated heterocycles. The van der Waals surface area contributed by atoms with Gasteiger partial charge in [-0.15, -0.1) is 11.3 Å². The number of hydrogen-bond acceptors (Lipinski definition) is 5. The second-order valence-electron chi connectivity index (χ2n) is 6.04. The monoisotopic (exact) mass is 341 g/mol. The lowest BCUT2D eigenvalue weighted by atomic mass is 10.2. The van der Waals surface area contributed by atoms with Crippen molar-refractivity contribution in [3.63, 3.8) is 0 Å². The highest BCUT2D eigenvalue weighted by Gasteiger charge is 2.11. The highest BCUT2D eigenvalue weighted by atomic mass is 32.1. The summed E-state index contributed by atoms with van der Waals surface area (Å²) < 4.78 is 5.59. The fourth-order valence-electron chi connectivity index (χ4n) is 2.49. The molecular weight excluding hydrogens is 318 g/mol. The Kier molecular flexibility index (Phi) is 5.43. The van der Waals surface area contributed by atoms with Crippen LogP contribution in [0.5, 0.6) is 0 Å². The molecule has 0 unspecified atom stereocenters. The Labute approximate surface area is 146 Å². The third-order valence-electron chi connectivity index (χ3n) is 3.61. The van der Waals surface area contributed by atoms with Gasteiger partial charge in [0.2, 0.25) is 0 Å². The van der Waals surface area contributed by atoms with Gasteiger partial charge in [-0.1, -0.05) is 30.3 Å². The first kappa shape index (κ1) is 16.9. The van der Waals surface area contributed by atoms with E-state index in [0.29, 0.717) is 0 Å². The van der Waals surface area contributed by atoms with E-state index in [9.17, 15) is 0 Å². The van der Waals surface area contributed by atoms with Crippen LogP contribution in [0.3, 0.4) is 0 Å². The molecule has 4 nitrogen and oxygen atoms in total. The predicted octanol–water partition coefficient (Wildman–Crippen LogP) is 4.89. The van der Waals surface area contributed by atoms with Crippen molar-refractivity contribution in [2.45, 2.75) is 33.3 Å². The molecule has 0 fully saturated rings. The Morgan fingerprint density at radius 3 is 2.71 bits per heavy atom. The molecule has 126 valence electrons. The van der Waals surface area contributed by atoms with E-state index in [4.69, 9.17) is 14.7 Å². The molecule has 0 aliphatic rings. The zero-order chi connectivity index (χ0) is 16.9. The topological polar surface area (TPSA) is 47.0 Å². The van der Waals surface area contributed by atoms with E-state index in [1.54, 1.807) is 11.3 Å². The smallest absolute Gasteiger partial charge is 0.163 e. The number of nitrogens with zero attached hydrogens (tertiary/aromatic N) is 2. The summed E-state index contributed by atoms with van der Waals surface area (Å²) in [6.07, 6.45) is 1.23. The van der Waals surface area contributed by atoms with E-state index >= 15 is 0 Å². The third kappa shape index (κ3) is 4.10. The first-order chi connectivity index (χ1) is 11.6. The van der Waals surface area contributed by atoms with Gasteiger partial charge in [-0.2, -0.15) is 0 Å². The van der Waals surface area contributed by atoms with Crippen LogP contribution in [0, 0.1) is 6.92 Å². The van der Waals surface area contributed by atoms with Crippen LogP contribution in [0.25, 0.3) is 21.6 Å². The molecule has 3 aromatic rings. The lowest BCUT2D eigenvalue weighted by Crippen LogP contribution is -2.10.